The number of fused-ring (bicyclic) bond motifs is 1. The second kappa shape index (κ2) is 5.24. The predicted octanol–water partition coefficient (Wildman–Crippen LogP) is 5.11. The first-order valence-electron chi connectivity index (χ1n) is 5.85. The van der Waals surface area contributed by atoms with Gasteiger partial charge in [-0.1, -0.05) is 17.7 Å². The van der Waals surface area contributed by atoms with Crippen molar-refractivity contribution in [3.8, 4) is 11.4 Å². The van der Waals surface area contributed by atoms with E-state index >= 15 is 0 Å². The van der Waals surface area contributed by atoms with Crippen molar-refractivity contribution in [2.24, 2.45) is 0 Å². The summed E-state index contributed by atoms with van der Waals surface area (Å²) < 4.78 is 8.59. The van der Waals surface area contributed by atoms with Crippen LogP contribution >= 0.6 is 39.7 Å². The third kappa shape index (κ3) is 2.16. The first-order chi connectivity index (χ1) is 9.61. The van der Waals surface area contributed by atoms with Crippen LogP contribution in [0.1, 0.15) is 0 Å². The number of nitrogens with one attached hydrogen (secondary N) is 1. The van der Waals surface area contributed by atoms with Gasteiger partial charge in [0.2, 0.25) is 0 Å². The van der Waals surface area contributed by atoms with Crippen LogP contribution in [0.4, 0.5) is 0 Å². The van der Waals surface area contributed by atoms with Crippen LogP contribution in [0.2, 0.25) is 5.02 Å². The molecule has 0 aliphatic carbocycles. The molecular formula is C14H10BrClN2OS. The lowest BCUT2D eigenvalue weighted by molar-refractivity contribution is 0.415. The maximum atomic E-state index is 6.16. The minimum Gasteiger partial charge on any atom is -0.497 e. The average Bonchev–Trinajstić information content (AvgIpc) is 2.77. The molecule has 0 spiro atoms. The first kappa shape index (κ1) is 13.7. The fourth-order valence-electron chi connectivity index (χ4n) is 2.12. The maximum Gasteiger partial charge on any atom is 0.182 e. The van der Waals surface area contributed by atoms with Crippen LogP contribution in [-0.4, -0.2) is 16.7 Å². The van der Waals surface area contributed by atoms with E-state index in [0.29, 0.717) is 9.79 Å². The fraction of sp³-hybridized carbons (Fsp3) is 0.0714. The van der Waals surface area contributed by atoms with Gasteiger partial charge in [0.1, 0.15) is 5.75 Å². The summed E-state index contributed by atoms with van der Waals surface area (Å²) >= 11 is 15.1. The number of hydrogen-bond acceptors (Lipinski definition) is 2. The summed E-state index contributed by atoms with van der Waals surface area (Å²) in [5, 5.41) is 0.646. The molecule has 3 rings (SSSR count). The Labute approximate surface area is 134 Å². The molecule has 1 heterocycles. The van der Waals surface area contributed by atoms with Crippen molar-refractivity contribution in [1.29, 1.82) is 0 Å². The number of methoxy groups -OCH3 is 1. The molecule has 0 bridgehead atoms. The number of halogens is 2. The predicted molar refractivity (Wildman–Crippen MR) is 87.7 cm³/mol. The Hall–Kier alpha value is -1.30. The van der Waals surface area contributed by atoms with E-state index in [4.69, 9.17) is 28.6 Å². The lowest BCUT2D eigenvalue weighted by Crippen LogP contribution is -1.95. The normalized spacial score (nSPS) is 10.9. The SMILES string of the molecule is COc1ccc2c(c1)[nH]c(=S)n2-c1cccc(Cl)c1Br. The Morgan fingerprint density at radius 2 is 2.10 bits per heavy atom. The molecule has 0 radical (unpaired) electrons. The molecular weight excluding hydrogens is 360 g/mol. The summed E-state index contributed by atoms with van der Waals surface area (Å²) in [5.74, 6) is 0.783. The zero-order valence-corrected chi connectivity index (χ0v) is 13.6. The van der Waals surface area contributed by atoms with Gasteiger partial charge < -0.3 is 9.72 Å². The molecule has 0 unspecified atom stereocenters. The summed E-state index contributed by atoms with van der Waals surface area (Å²) in [6, 6.07) is 11.5. The van der Waals surface area contributed by atoms with Crippen molar-refractivity contribution in [3.63, 3.8) is 0 Å². The zero-order valence-electron chi connectivity index (χ0n) is 10.5. The van der Waals surface area contributed by atoms with Crippen molar-refractivity contribution in [3.05, 3.63) is 50.7 Å². The van der Waals surface area contributed by atoms with Gasteiger partial charge >= 0.3 is 0 Å². The van der Waals surface area contributed by atoms with Crippen LogP contribution in [0.5, 0.6) is 5.75 Å². The van der Waals surface area contributed by atoms with Gasteiger partial charge in [0.25, 0.3) is 0 Å². The molecule has 3 aromatic rings. The highest BCUT2D eigenvalue weighted by Crippen LogP contribution is 2.32. The minimum atomic E-state index is 0.608. The van der Waals surface area contributed by atoms with Crippen molar-refractivity contribution in [2.75, 3.05) is 7.11 Å². The third-order valence-corrected chi connectivity index (χ3v) is 4.72. The molecule has 0 atom stereocenters. The van der Waals surface area contributed by atoms with E-state index in [1.165, 1.54) is 0 Å². The molecule has 0 aliphatic heterocycles. The van der Waals surface area contributed by atoms with Crippen LogP contribution in [-0.2, 0) is 0 Å². The number of imidazole rings is 1. The molecule has 102 valence electrons. The molecule has 0 saturated heterocycles. The third-order valence-electron chi connectivity index (χ3n) is 3.06. The molecule has 3 nitrogen and oxygen atoms in total. The van der Waals surface area contributed by atoms with Gasteiger partial charge in [-0.05, 0) is 52.4 Å². The summed E-state index contributed by atoms with van der Waals surface area (Å²) in [6.07, 6.45) is 0. The Kier molecular flexibility index (Phi) is 3.58. The van der Waals surface area contributed by atoms with E-state index in [9.17, 15) is 0 Å². The topological polar surface area (TPSA) is 29.9 Å². The van der Waals surface area contributed by atoms with Gasteiger partial charge in [-0.3, -0.25) is 4.57 Å². The van der Waals surface area contributed by atoms with Gasteiger partial charge in [-0.2, -0.15) is 0 Å². The van der Waals surface area contributed by atoms with E-state index in [-0.39, 0.29) is 0 Å². The van der Waals surface area contributed by atoms with Gasteiger partial charge in [0.05, 0.1) is 33.3 Å². The molecule has 0 saturated carbocycles. The van der Waals surface area contributed by atoms with Crippen LogP contribution in [0.15, 0.2) is 40.9 Å². The van der Waals surface area contributed by atoms with Gasteiger partial charge in [0.15, 0.2) is 4.77 Å². The van der Waals surface area contributed by atoms with Gasteiger partial charge in [-0.25, -0.2) is 0 Å². The molecule has 1 aromatic heterocycles. The maximum absolute atomic E-state index is 6.16. The second-order valence-corrected chi connectivity index (χ2v) is 5.81. The Balaban J connectivity index is 2.34. The Bertz CT molecular complexity index is 856. The minimum absolute atomic E-state index is 0.608. The number of nitrogens with zero attached hydrogens (tertiary/aromatic N) is 1. The molecule has 0 fully saturated rings. The van der Waals surface area contributed by atoms with E-state index in [1.807, 2.05) is 41.0 Å². The molecule has 2 aromatic carbocycles. The molecule has 20 heavy (non-hydrogen) atoms. The van der Waals surface area contributed by atoms with Crippen LogP contribution in [0.25, 0.3) is 16.7 Å². The number of aromatic amines is 1. The highest BCUT2D eigenvalue weighted by atomic mass is 79.9. The largest absolute Gasteiger partial charge is 0.497 e. The Morgan fingerprint density at radius 1 is 1.30 bits per heavy atom. The van der Waals surface area contributed by atoms with E-state index < -0.39 is 0 Å². The van der Waals surface area contributed by atoms with E-state index in [0.717, 1.165) is 26.9 Å². The Morgan fingerprint density at radius 3 is 2.85 bits per heavy atom. The van der Waals surface area contributed by atoms with Crippen LogP contribution in [0, 0.1) is 4.77 Å². The quantitative estimate of drug-likeness (QED) is 0.636. The highest BCUT2D eigenvalue weighted by molar-refractivity contribution is 9.10. The zero-order chi connectivity index (χ0) is 14.3. The summed E-state index contributed by atoms with van der Waals surface area (Å²) in [5.41, 5.74) is 2.79. The van der Waals surface area contributed by atoms with Crippen LogP contribution in [0.3, 0.4) is 0 Å². The number of rotatable bonds is 2. The monoisotopic (exact) mass is 368 g/mol. The summed E-state index contributed by atoms with van der Waals surface area (Å²) in [4.78, 5) is 3.18. The second-order valence-electron chi connectivity index (χ2n) is 4.22. The number of benzene rings is 2. The van der Waals surface area contributed by atoms with Gasteiger partial charge in [0, 0.05) is 6.07 Å². The standard InChI is InChI=1S/C14H10BrClN2OS/c1-19-8-5-6-11-10(7-8)17-14(20)18(11)12-4-2-3-9(16)13(12)15/h2-7H,1H3,(H,17,20). The molecule has 6 heteroatoms. The van der Waals surface area contributed by atoms with E-state index in [1.54, 1.807) is 7.11 Å². The average molecular weight is 370 g/mol. The summed E-state index contributed by atoms with van der Waals surface area (Å²) in [6.45, 7) is 0. The number of ether oxygens (including phenoxy) is 1. The van der Waals surface area contributed by atoms with Crippen molar-refractivity contribution >= 4 is 50.8 Å². The van der Waals surface area contributed by atoms with Gasteiger partial charge in [-0.15, -0.1) is 0 Å². The lowest BCUT2D eigenvalue weighted by Gasteiger charge is -2.08. The number of H-pyrrole nitrogens is 1. The molecule has 0 amide bonds. The first-order valence-corrected chi connectivity index (χ1v) is 7.43. The van der Waals surface area contributed by atoms with Crippen molar-refractivity contribution in [1.82, 2.24) is 9.55 Å². The fourth-order valence-corrected chi connectivity index (χ4v) is 3.04. The molecule has 1 N–H and O–H groups in total. The van der Waals surface area contributed by atoms with Crippen molar-refractivity contribution < 1.29 is 4.74 Å². The lowest BCUT2D eigenvalue weighted by atomic mass is 10.2. The smallest absolute Gasteiger partial charge is 0.182 e. The van der Waals surface area contributed by atoms with Crippen LogP contribution < -0.4 is 4.74 Å². The number of aromatic nitrogens is 2. The summed E-state index contributed by atoms with van der Waals surface area (Å²) in [7, 11) is 1.64. The highest BCUT2D eigenvalue weighted by Gasteiger charge is 2.11. The van der Waals surface area contributed by atoms with E-state index in [2.05, 4.69) is 20.9 Å². The molecule has 0 aliphatic rings. The number of hydrogen-bond donors (Lipinski definition) is 1. The van der Waals surface area contributed by atoms with Crippen molar-refractivity contribution in [2.45, 2.75) is 0 Å².